The fraction of sp³-hybridized carbons (Fsp3) is 0.478. The Kier molecular flexibility index (Phi) is 12.0. The molecule has 0 aliphatic rings. The Morgan fingerprint density at radius 1 is 0.865 bits per heavy atom. The summed E-state index contributed by atoms with van der Waals surface area (Å²) in [5, 5.41) is 34.7. The van der Waals surface area contributed by atoms with Crippen molar-refractivity contribution in [1.29, 1.82) is 0 Å². The second-order valence-electron chi connectivity index (χ2n) is 8.58. The third-order valence-electron chi connectivity index (χ3n) is 5.55. The minimum Gasteiger partial charge on any atom is -0.508 e. The molecule has 1 aromatic rings. The first-order chi connectivity index (χ1) is 17.2. The number of primary amides is 1. The van der Waals surface area contributed by atoms with Gasteiger partial charge < -0.3 is 42.7 Å². The normalized spacial score (nSPS) is 14.8. The van der Waals surface area contributed by atoms with Crippen LogP contribution in [-0.2, 0) is 35.2 Å². The highest BCUT2D eigenvalue weighted by atomic mass is 16.4. The van der Waals surface area contributed by atoms with Crippen molar-refractivity contribution in [1.82, 2.24) is 16.0 Å². The molecular formula is C23H33N5O9. The Balaban J connectivity index is 3.18. The lowest BCUT2D eigenvalue weighted by molar-refractivity contribution is -0.147. The summed E-state index contributed by atoms with van der Waals surface area (Å²) < 4.78 is 0. The van der Waals surface area contributed by atoms with Gasteiger partial charge in [-0.15, -0.1) is 0 Å². The number of carboxylic acid groups (broad SMARTS) is 2. The quantitative estimate of drug-likeness (QED) is 0.128. The minimum atomic E-state index is -1.73. The SMILES string of the molecule is CCC(C)C(NC(=O)C(Cc1ccc(O)cc1)NC(=O)C(N)CC(N)=O)C(=O)NC(CC(=O)O)C(=O)O. The first-order valence-electron chi connectivity index (χ1n) is 11.4. The van der Waals surface area contributed by atoms with Gasteiger partial charge >= 0.3 is 11.9 Å². The first kappa shape index (κ1) is 30.8. The van der Waals surface area contributed by atoms with Crippen LogP contribution in [0.25, 0.3) is 0 Å². The van der Waals surface area contributed by atoms with Crippen molar-refractivity contribution in [2.24, 2.45) is 17.4 Å². The molecule has 1 rings (SSSR count). The molecule has 5 atom stereocenters. The van der Waals surface area contributed by atoms with Crippen LogP contribution in [0.4, 0.5) is 0 Å². The Labute approximate surface area is 212 Å². The van der Waals surface area contributed by atoms with Crippen LogP contribution in [0, 0.1) is 5.92 Å². The van der Waals surface area contributed by atoms with Gasteiger partial charge in [0.1, 0.15) is 23.9 Å². The van der Waals surface area contributed by atoms with Crippen LogP contribution in [0.2, 0.25) is 0 Å². The number of benzene rings is 1. The van der Waals surface area contributed by atoms with E-state index >= 15 is 0 Å². The summed E-state index contributed by atoms with van der Waals surface area (Å²) in [7, 11) is 0. The van der Waals surface area contributed by atoms with E-state index in [4.69, 9.17) is 16.6 Å². The summed E-state index contributed by atoms with van der Waals surface area (Å²) in [6, 6.07) is 0.127. The molecule has 0 saturated carbocycles. The molecular weight excluding hydrogens is 490 g/mol. The number of nitrogens with two attached hydrogens (primary N) is 2. The number of hydrogen-bond donors (Lipinski definition) is 8. The Morgan fingerprint density at radius 3 is 1.92 bits per heavy atom. The molecule has 10 N–H and O–H groups in total. The molecule has 204 valence electrons. The molecule has 0 heterocycles. The number of amides is 4. The predicted octanol–water partition coefficient (Wildman–Crippen LogP) is -1.80. The maximum Gasteiger partial charge on any atom is 0.326 e. The van der Waals surface area contributed by atoms with E-state index in [-0.39, 0.29) is 12.2 Å². The molecule has 0 fully saturated rings. The van der Waals surface area contributed by atoms with Gasteiger partial charge in [-0.1, -0.05) is 32.4 Å². The van der Waals surface area contributed by atoms with Gasteiger partial charge in [-0.3, -0.25) is 24.0 Å². The highest BCUT2D eigenvalue weighted by molar-refractivity contribution is 5.95. The largest absolute Gasteiger partial charge is 0.508 e. The van der Waals surface area contributed by atoms with Crippen LogP contribution in [0.1, 0.15) is 38.7 Å². The number of aromatic hydroxyl groups is 1. The van der Waals surface area contributed by atoms with E-state index in [1.165, 1.54) is 24.3 Å². The van der Waals surface area contributed by atoms with Gasteiger partial charge in [0.15, 0.2) is 0 Å². The summed E-state index contributed by atoms with van der Waals surface area (Å²) in [5.74, 6) is -6.97. The molecule has 0 aliphatic carbocycles. The van der Waals surface area contributed by atoms with Crippen LogP contribution >= 0.6 is 0 Å². The molecule has 37 heavy (non-hydrogen) atoms. The van der Waals surface area contributed by atoms with Gasteiger partial charge in [-0.2, -0.15) is 0 Å². The monoisotopic (exact) mass is 523 g/mol. The first-order valence-corrected chi connectivity index (χ1v) is 11.4. The molecule has 0 aliphatic heterocycles. The van der Waals surface area contributed by atoms with Gasteiger partial charge in [0, 0.05) is 6.42 Å². The van der Waals surface area contributed by atoms with Crippen molar-refractivity contribution >= 4 is 35.6 Å². The standard InChI is InChI=1S/C23H33N5O9/c1-3-11(2)19(22(35)27-16(23(36)37)10-18(31)32)28-21(34)15(8-12-4-6-13(29)7-5-12)26-20(33)14(24)9-17(25)30/h4-7,11,14-16,19,29H,3,8-10,24H2,1-2H3,(H2,25,30)(H,26,33)(H,27,35)(H,28,34)(H,31,32)(H,36,37). The van der Waals surface area contributed by atoms with Crippen molar-refractivity contribution in [3.05, 3.63) is 29.8 Å². The maximum atomic E-state index is 13.2. The van der Waals surface area contributed by atoms with Crippen LogP contribution in [0.5, 0.6) is 5.75 Å². The summed E-state index contributed by atoms with van der Waals surface area (Å²) in [6.45, 7) is 3.34. The molecule has 0 radical (unpaired) electrons. The summed E-state index contributed by atoms with van der Waals surface area (Å²) in [5.41, 5.74) is 11.3. The number of hydrogen-bond acceptors (Lipinski definition) is 8. The van der Waals surface area contributed by atoms with E-state index in [0.29, 0.717) is 12.0 Å². The van der Waals surface area contributed by atoms with Gasteiger partial charge in [-0.05, 0) is 23.6 Å². The van der Waals surface area contributed by atoms with E-state index in [9.17, 15) is 39.0 Å². The average molecular weight is 524 g/mol. The van der Waals surface area contributed by atoms with Gasteiger partial charge in [0.25, 0.3) is 0 Å². The van der Waals surface area contributed by atoms with Crippen molar-refractivity contribution in [2.45, 2.75) is 63.7 Å². The zero-order valence-electron chi connectivity index (χ0n) is 20.5. The Hall–Kier alpha value is -4.20. The van der Waals surface area contributed by atoms with Crippen LogP contribution in [-0.4, -0.2) is 75.1 Å². The third kappa shape index (κ3) is 10.5. The van der Waals surface area contributed by atoms with E-state index in [2.05, 4.69) is 16.0 Å². The fourth-order valence-electron chi connectivity index (χ4n) is 3.26. The number of carbonyl (C=O) groups excluding carboxylic acids is 4. The topological polar surface area (TPSA) is 251 Å². The van der Waals surface area contributed by atoms with Crippen molar-refractivity contribution in [3.8, 4) is 5.75 Å². The molecule has 4 amide bonds. The molecule has 0 bridgehead atoms. The smallest absolute Gasteiger partial charge is 0.326 e. The fourth-order valence-corrected chi connectivity index (χ4v) is 3.26. The second-order valence-corrected chi connectivity index (χ2v) is 8.58. The molecule has 1 aromatic carbocycles. The lowest BCUT2D eigenvalue weighted by Gasteiger charge is -2.28. The molecule has 0 spiro atoms. The average Bonchev–Trinajstić information content (AvgIpc) is 2.81. The van der Waals surface area contributed by atoms with Gasteiger partial charge in [-0.25, -0.2) is 4.79 Å². The highest BCUT2D eigenvalue weighted by Crippen LogP contribution is 2.13. The zero-order valence-corrected chi connectivity index (χ0v) is 20.5. The number of aliphatic carboxylic acids is 2. The molecule has 5 unspecified atom stereocenters. The second kappa shape index (κ2) is 14.4. The Morgan fingerprint density at radius 2 is 1.43 bits per heavy atom. The number of carboxylic acids is 2. The maximum absolute atomic E-state index is 13.2. The molecule has 0 saturated heterocycles. The lowest BCUT2D eigenvalue weighted by Crippen LogP contribution is -2.59. The van der Waals surface area contributed by atoms with Crippen LogP contribution < -0.4 is 27.4 Å². The van der Waals surface area contributed by atoms with Crippen LogP contribution in [0.3, 0.4) is 0 Å². The summed E-state index contributed by atoms with van der Waals surface area (Å²) >= 11 is 0. The van der Waals surface area contributed by atoms with E-state index < -0.39 is 78.5 Å². The summed E-state index contributed by atoms with van der Waals surface area (Å²) in [4.78, 5) is 72.1. The number of phenolic OH excluding ortho intramolecular Hbond substituents is 1. The van der Waals surface area contributed by atoms with Crippen molar-refractivity contribution < 1.29 is 44.1 Å². The number of carbonyl (C=O) groups is 6. The number of rotatable bonds is 15. The van der Waals surface area contributed by atoms with Crippen molar-refractivity contribution in [2.75, 3.05) is 0 Å². The van der Waals surface area contributed by atoms with E-state index in [1.807, 2.05) is 0 Å². The molecule has 14 nitrogen and oxygen atoms in total. The predicted molar refractivity (Wildman–Crippen MR) is 129 cm³/mol. The number of nitrogens with one attached hydrogen (secondary N) is 3. The lowest BCUT2D eigenvalue weighted by atomic mass is 9.96. The molecule has 14 heteroatoms. The minimum absolute atomic E-state index is 0.0277. The zero-order chi connectivity index (χ0) is 28.3. The van der Waals surface area contributed by atoms with Crippen LogP contribution in [0.15, 0.2) is 24.3 Å². The van der Waals surface area contributed by atoms with Crippen molar-refractivity contribution in [3.63, 3.8) is 0 Å². The Bertz CT molecular complexity index is 999. The van der Waals surface area contributed by atoms with Gasteiger partial charge in [0.05, 0.1) is 18.9 Å². The third-order valence-corrected chi connectivity index (χ3v) is 5.55. The molecule has 0 aromatic heterocycles. The number of phenols is 1. The van der Waals surface area contributed by atoms with Gasteiger partial charge in [0.2, 0.25) is 23.6 Å². The highest BCUT2D eigenvalue weighted by Gasteiger charge is 2.33. The summed E-state index contributed by atoms with van der Waals surface area (Å²) in [6.07, 6.45) is -1.06. The van der Waals surface area contributed by atoms with E-state index in [1.54, 1.807) is 13.8 Å². The van der Waals surface area contributed by atoms with E-state index in [0.717, 1.165) is 0 Å².